The van der Waals surface area contributed by atoms with Crippen LogP contribution in [0.2, 0.25) is 0 Å². The second-order valence-corrected chi connectivity index (χ2v) is 5.70. The maximum atomic E-state index is 12.2. The van der Waals surface area contributed by atoms with Crippen LogP contribution in [-0.2, 0) is 9.59 Å². The van der Waals surface area contributed by atoms with Crippen molar-refractivity contribution in [2.45, 2.75) is 33.6 Å². The van der Waals surface area contributed by atoms with Gasteiger partial charge in [0.1, 0.15) is 0 Å². The van der Waals surface area contributed by atoms with Gasteiger partial charge >= 0.3 is 5.97 Å². The van der Waals surface area contributed by atoms with Crippen molar-refractivity contribution in [2.75, 3.05) is 11.9 Å². The van der Waals surface area contributed by atoms with Crippen molar-refractivity contribution in [3.63, 3.8) is 0 Å². The van der Waals surface area contributed by atoms with E-state index >= 15 is 0 Å². The molecule has 19 heavy (non-hydrogen) atoms. The Morgan fingerprint density at radius 1 is 1.26 bits per heavy atom. The molecule has 0 aliphatic rings. The minimum Gasteiger partial charge on any atom is -0.481 e. The van der Waals surface area contributed by atoms with Crippen molar-refractivity contribution < 1.29 is 14.7 Å². The van der Waals surface area contributed by atoms with E-state index in [1.807, 2.05) is 31.2 Å². The van der Waals surface area contributed by atoms with E-state index in [-0.39, 0.29) is 18.7 Å². The SMILES string of the molecule is Cc1cccc(N(C)C(=O)CC(C)(C)CC(=O)O)c1. The van der Waals surface area contributed by atoms with E-state index in [0.29, 0.717) is 0 Å². The van der Waals surface area contributed by atoms with Crippen LogP contribution in [0.15, 0.2) is 24.3 Å². The number of aliphatic carboxylic acids is 1. The lowest BCUT2D eigenvalue weighted by Gasteiger charge is -2.25. The third kappa shape index (κ3) is 4.73. The average Bonchev–Trinajstić information content (AvgIpc) is 2.25. The highest BCUT2D eigenvalue weighted by Gasteiger charge is 2.27. The molecule has 0 heterocycles. The third-order valence-electron chi connectivity index (χ3n) is 3.02. The smallest absolute Gasteiger partial charge is 0.303 e. The number of carbonyl (C=O) groups excluding carboxylic acids is 1. The quantitative estimate of drug-likeness (QED) is 0.888. The summed E-state index contributed by atoms with van der Waals surface area (Å²) in [6, 6.07) is 7.67. The molecule has 4 nitrogen and oxygen atoms in total. The molecule has 0 aliphatic heterocycles. The number of carbonyl (C=O) groups is 2. The minimum atomic E-state index is -0.879. The fraction of sp³-hybridized carbons (Fsp3) is 0.467. The molecule has 0 radical (unpaired) electrons. The van der Waals surface area contributed by atoms with Gasteiger partial charge in [0.25, 0.3) is 0 Å². The summed E-state index contributed by atoms with van der Waals surface area (Å²) in [5.41, 5.74) is 1.37. The Morgan fingerprint density at radius 3 is 2.42 bits per heavy atom. The first-order valence-corrected chi connectivity index (χ1v) is 6.26. The third-order valence-corrected chi connectivity index (χ3v) is 3.02. The number of anilines is 1. The highest BCUT2D eigenvalue weighted by molar-refractivity contribution is 5.93. The Bertz CT molecular complexity index is 480. The van der Waals surface area contributed by atoms with E-state index in [0.717, 1.165) is 11.3 Å². The van der Waals surface area contributed by atoms with E-state index in [2.05, 4.69) is 0 Å². The summed E-state index contributed by atoms with van der Waals surface area (Å²) < 4.78 is 0. The monoisotopic (exact) mass is 263 g/mol. The van der Waals surface area contributed by atoms with Gasteiger partial charge < -0.3 is 10.0 Å². The number of hydrogen-bond donors (Lipinski definition) is 1. The molecule has 0 bridgehead atoms. The van der Waals surface area contributed by atoms with E-state index in [1.165, 1.54) is 0 Å². The zero-order valence-electron chi connectivity index (χ0n) is 11.9. The minimum absolute atomic E-state index is 0.0135. The van der Waals surface area contributed by atoms with Crippen molar-refractivity contribution in [1.82, 2.24) is 0 Å². The van der Waals surface area contributed by atoms with Crippen molar-refractivity contribution in [3.8, 4) is 0 Å². The Morgan fingerprint density at radius 2 is 1.89 bits per heavy atom. The van der Waals surface area contributed by atoms with Crippen LogP contribution < -0.4 is 4.90 Å². The van der Waals surface area contributed by atoms with Gasteiger partial charge in [-0.2, -0.15) is 0 Å². The Kier molecular flexibility index (Phi) is 4.70. The number of hydrogen-bond acceptors (Lipinski definition) is 2. The van der Waals surface area contributed by atoms with E-state index < -0.39 is 11.4 Å². The zero-order valence-corrected chi connectivity index (χ0v) is 11.9. The van der Waals surface area contributed by atoms with E-state index in [4.69, 9.17) is 5.11 Å². The van der Waals surface area contributed by atoms with Crippen LogP contribution in [0.25, 0.3) is 0 Å². The molecule has 0 aromatic heterocycles. The average molecular weight is 263 g/mol. The van der Waals surface area contributed by atoms with E-state index in [1.54, 1.807) is 25.8 Å². The number of carboxylic acids is 1. The first kappa shape index (κ1) is 15.2. The highest BCUT2D eigenvalue weighted by atomic mass is 16.4. The molecule has 4 heteroatoms. The van der Waals surface area contributed by atoms with Gasteiger partial charge in [0, 0.05) is 19.2 Å². The Labute approximate surface area is 114 Å². The number of nitrogens with zero attached hydrogens (tertiary/aromatic N) is 1. The standard InChI is InChI=1S/C15H21NO3/c1-11-6-5-7-12(8-11)16(4)13(17)9-15(2,3)10-14(18)19/h5-8H,9-10H2,1-4H3,(H,18,19). The fourth-order valence-corrected chi connectivity index (χ4v) is 1.98. The van der Waals surface area contributed by atoms with Crippen molar-refractivity contribution in [2.24, 2.45) is 5.41 Å². The molecule has 0 aliphatic carbocycles. The second-order valence-electron chi connectivity index (χ2n) is 5.70. The first-order chi connectivity index (χ1) is 8.71. The Hall–Kier alpha value is -1.84. The van der Waals surface area contributed by atoms with Crippen LogP contribution >= 0.6 is 0 Å². The lowest BCUT2D eigenvalue weighted by molar-refractivity contribution is -0.139. The molecular weight excluding hydrogens is 242 g/mol. The summed E-state index contributed by atoms with van der Waals surface area (Å²) in [5, 5.41) is 8.83. The molecule has 1 amide bonds. The molecule has 0 unspecified atom stereocenters. The molecule has 0 atom stereocenters. The molecule has 1 aromatic rings. The predicted molar refractivity (Wildman–Crippen MR) is 75.2 cm³/mol. The van der Waals surface area contributed by atoms with Gasteiger partial charge in [0.15, 0.2) is 0 Å². The molecular formula is C15H21NO3. The van der Waals surface area contributed by atoms with Crippen LogP contribution in [-0.4, -0.2) is 24.0 Å². The normalized spacial score (nSPS) is 11.2. The van der Waals surface area contributed by atoms with Gasteiger partial charge in [-0.3, -0.25) is 9.59 Å². The van der Waals surface area contributed by atoms with Gasteiger partial charge in [0.05, 0.1) is 6.42 Å². The molecule has 0 spiro atoms. The molecule has 0 saturated heterocycles. The largest absolute Gasteiger partial charge is 0.481 e. The number of amides is 1. The lowest BCUT2D eigenvalue weighted by Crippen LogP contribution is -2.32. The maximum Gasteiger partial charge on any atom is 0.303 e. The van der Waals surface area contributed by atoms with Gasteiger partial charge in [-0.05, 0) is 30.0 Å². The van der Waals surface area contributed by atoms with Crippen molar-refractivity contribution in [3.05, 3.63) is 29.8 Å². The van der Waals surface area contributed by atoms with E-state index in [9.17, 15) is 9.59 Å². The summed E-state index contributed by atoms with van der Waals surface area (Å²) in [5.74, 6) is -0.951. The van der Waals surface area contributed by atoms with Gasteiger partial charge in [-0.25, -0.2) is 0 Å². The van der Waals surface area contributed by atoms with Crippen molar-refractivity contribution in [1.29, 1.82) is 0 Å². The summed E-state index contributed by atoms with van der Waals surface area (Å²) in [6.07, 6.45) is 0.199. The second kappa shape index (κ2) is 5.87. The van der Waals surface area contributed by atoms with Crippen LogP contribution in [0.4, 0.5) is 5.69 Å². The molecule has 0 fully saturated rings. The van der Waals surface area contributed by atoms with Crippen LogP contribution in [0.1, 0.15) is 32.3 Å². The lowest BCUT2D eigenvalue weighted by atomic mass is 9.85. The molecule has 0 saturated carbocycles. The molecule has 104 valence electrons. The van der Waals surface area contributed by atoms with Crippen molar-refractivity contribution >= 4 is 17.6 Å². The predicted octanol–water partition coefficient (Wildman–Crippen LogP) is 2.85. The summed E-state index contributed by atoms with van der Waals surface area (Å²) in [6.45, 7) is 5.56. The first-order valence-electron chi connectivity index (χ1n) is 6.26. The zero-order chi connectivity index (χ0) is 14.6. The summed E-state index contributed by atoms with van der Waals surface area (Å²) in [7, 11) is 1.72. The van der Waals surface area contributed by atoms with Crippen LogP contribution in [0.5, 0.6) is 0 Å². The number of aryl methyl sites for hydroxylation is 1. The fourth-order valence-electron chi connectivity index (χ4n) is 1.98. The number of carboxylic acid groups (broad SMARTS) is 1. The van der Waals surface area contributed by atoms with Gasteiger partial charge in [-0.1, -0.05) is 26.0 Å². The maximum absolute atomic E-state index is 12.2. The van der Waals surface area contributed by atoms with Gasteiger partial charge in [-0.15, -0.1) is 0 Å². The Balaban J connectivity index is 2.75. The van der Waals surface area contributed by atoms with Crippen LogP contribution in [0.3, 0.4) is 0 Å². The number of benzene rings is 1. The van der Waals surface area contributed by atoms with Gasteiger partial charge in [0.2, 0.25) is 5.91 Å². The van der Waals surface area contributed by atoms with Crippen LogP contribution in [0, 0.1) is 12.3 Å². The topological polar surface area (TPSA) is 57.6 Å². The summed E-state index contributed by atoms with van der Waals surface area (Å²) in [4.78, 5) is 24.5. The summed E-state index contributed by atoms with van der Waals surface area (Å²) >= 11 is 0. The molecule has 1 N–H and O–H groups in total. The highest BCUT2D eigenvalue weighted by Crippen LogP contribution is 2.27. The number of rotatable bonds is 5. The molecule has 1 rings (SSSR count). The molecule has 1 aromatic carbocycles.